The summed E-state index contributed by atoms with van der Waals surface area (Å²) in [5.41, 5.74) is 1.04. The first-order valence-corrected chi connectivity index (χ1v) is 8.22. The Labute approximate surface area is 145 Å². The number of nitrogens with one attached hydrogen (secondary N) is 2. The summed E-state index contributed by atoms with van der Waals surface area (Å²) in [6.45, 7) is 1.16. The van der Waals surface area contributed by atoms with Crippen LogP contribution >= 0.6 is 0 Å². The number of pyridine rings is 1. The van der Waals surface area contributed by atoms with Gasteiger partial charge in [-0.3, -0.25) is 4.79 Å². The SMILES string of the molecule is CNc1ncccc1C(=O)N1CCC[C@H](Nc2ccc(F)c(F)c2)C1. The van der Waals surface area contributed by atoms with Gasteiger partial charge >= 0.3 is 0 Å². The molecule has 25 heavy (non-hydrogen) atoms. The van der Waals surface area contributed by atoms with E-state index in [-0.39, 0.29) is 11.9 Å². The number of amides is 1. The lowest BCUT2D eigenvalue weighted by Gasteiger charge is -2.34. The third-order valence-corrected chi connectivity index (χ3v) is 4.27. The number of carbonyl (C=O) groups is 1. The van der Waals surface area contributed by atoms with Gasteiger partial charge in [0.2, 0.25) is 0 Å². The van der Waals surface area contributed by atoms with Crippen LogP contribution in [0.2, 0.25) is 0 Å². The molecular formula is C18H20F2N4O. The average Bonchev–Trinajstić information content (AvgIpc) is 2.64. The molecule has 0 unspecified atom stereocenters. The van der Waals surface area contributed by atoms with Crippen LogP contribution in [0.4, 0.5) is 20.3 Å². The summed E-state index contributed by atoms with van der Waals surface area (Å²) in [6, 6.07) is 7.19. The van der Waals surface area contributed by atoms with Crippen molar-refractivity contribution in [3.8, 4) is 0 Å². The van der Waals surface area contributed by atoms with Gasteiger partial charge in [-0.1, -0.05) is 0 Å². The van der Waals surface area contributed by atoms with Crippen molar-refractivity contribution >= 4 is 17.4 Å². The first-order valence-electron chi connectivity index (χ1n) is 8.22. The third-order valence-electron chi connectivity index (χ3n) is 4.27. The number of hydrogen-bond donors (Lipinski definition) is 2. The summed E-state index contributed by atoms with van der Waals surface area (Å²) in [5, 5.41) is 6.11. The zero-order valence-corrected chi connectivity index (χ0v) is 13.9. The molecule has 2 aromatic rings. The number of rotatable bonds is 4. The van der Waals surface area contributed by atoms with Crippen molar-refractivity contribution in [3.05, 3.63) is 53.7 Å². The maximum absolute atomic E-state index is 13.3. The van der Waals surface area contributed by atoms with Crippen LogP contribution in [-0.2, 0) is 0 Å². The van der Waals surface area contributed by atoms with Crippen LogP contribution in [0, 0.1) is 11.6 Å². The second-order valence-corrected chi connectivity index (χ2v) is 6.01. The highest BCUT2D eigenvalue weighted by molar-refractivity contribution is 5.98. The minimum Gasteiger partial charge on any atom is -0.380 e. The van der Waals surface area contributed by atoms with Crippen molar-refractivity contribution in [2.24, 2.45) is 0 Å². The molecular weight excluding hydrogens is 326 g/mol. The van der Waals surface area contributed by atoms with Gasteiger partial charge < -0.3 is 15.5 Å². The van der Waals surface area contributed by atoms with Crippen molar-refractivity contribution in [2.45, 2.75) is 18.9 Å². The number of halogens is 2. The van der Waals surface area contributed by atoms with E-state index in [4.69, 9.17) is 0 Å². The summed E-state index contributed by atoms with van der Waals surface area (Å²) in [5.74, 6) is -1.30. The van der Waals surface area contributed by atoms with Gasteiger partial charge in [0.25, 0.3) is 5.91 Å². The van der Waals surface area contributed by atoms with E-state index >= 15 is 0 Å². The molecule has 0 radical (unpaired) electrons. The van der Waals surface area contributed by atoms with Crippen LogP contribution in [0.1, 0.15) is 23.2 Å². The largest absolute Gasteiger partial charge is 0.380 e. The van der Waals surface area contributed by atoms with Crippen molar-refractivity contribution in [2.75, 3.05) is 30.8 Å². The molecule has 1 fully saturated rings. The third kappa shape index (κ3) is 3.87. The Balaban J connectivity index is 1.70. The quantitative estimate of drug-likeness (QED) is 0.893. The first kappa shape index (κ1) is 17.1. The van der Waals surface area contributed by atoms with Crippen molar-refractivity contribution in [1.29, 1.82) is 0 Å². The molecule has 1 aliphatic heterocycles. The monoisotopic (exact) mass is 346 g/mol. The molecule has 1 saturated heterocycles. The van der Waals surface area contributed by atoms with Gasteiger partial charge in [0.05, 0.1) is 5.56 Å². The van der Waals surface area contributed by atoms with Crippen LogP contribution in [0.25, 0.3) is 0 Å². The maximum Gasteiger partial charge on any atom is 0.257 e. The van der Waals surface area contributed by atoms with Crippen LogP contribution in [0.15, 0.2) is 36.5 Å². The van der Waals surface area contributed by atoms with E-state index < -0.39 is 11.6 Å². The minimum atomic E-state index is -0.886. The van der Waals surface area contributed by atoms with Gasteiger partial charge in [-0.05, 0) is 37.1 Å². The Morgan fingerprint density at radius 3 is 2.88 bits per heavy atom. The number of likely N-dealkylation sites (tertiary alicyclic amines) is 1. The number of anilines is 2. The fraction of sp³-hybridized carbons (Fsp3) is 0.333. The summed E-state index contributed by atoms with van der Waals surface area (Å²) in [6.07, 6.45) is 3.32. The first-order chi connectivity index (χ1) is 12.1. The normalized spacial score (nSPS) is 17.2. The van der Waals surface area contributed by atoms with E-state index in [0.717, 1.165) is 25.0 Å². The molecule has 132 valence electrons. The molecule has 1 aromatic carbocycles. The number of carbonyl (C=O) groups excluding carboxylic acids is 1. The number of hydrogen-bond acceptors (Lipinski definition) is 4. The van der Waals surface area contributed by atoms with E-state index in [0.29, 0.717) is 30.2 Å². The molecule has 1 amide bonds. The Kier molecular flexibility index (Phi) is 5.11. The van der Waals surface area contributed by atoms with Crippen LogP contribution in [0.5, 0.6) is 0 Å². The highest BCUT2D eigenvalue weighted by atomic mass is 19.2. The fourth-order valence-corrected chi connectivity index (χ4v) is 3.05. The summed E-state index contributed by atoms with van der Waals surface area (Å²) in [7, 11) is 1.72. The number of aromatic nitrogens is 1. The molecule has 0 aliphatic carbocycles. The van der Waals surface area contributed by atoms with Crippen molar-refractivity contribution < 1.29 is 13.6 Å². The summed E-state index contributed by atoms with van der Waals surface area (Å²) >= 11 is 0. The molecule has 1 aromatic heterocycles. The maximum atomic E-state index is 13.3. The molecule has 7 heteroatoms. The fourth-order valence-electron chi connectivity index (χ4n) is 3.05. The molecule has 2 N–H and O–H groups in total. The average molecular weight is 346 g/mol. The van der Waals surface area contributed by atoms with Gasteiger partial charge in [0.15, 0.2) is 11.6 Å². The van der Waals surface area contributed by atoms with Crippen molar-refractivity contribution in [3.63, 3.8) is 0 Å². The topological polar surface area (TPSA) is 57.3 Å². The Hall–Kier alpha value is -2.70. The second-order valence-electron chi connectivity index (χ2n) is 6.01. The Morgan fingerprint density at radius 1 is 1.28 bits per heavy atom. The number of piperidine rings is 1. The van der Waals surface area contributed by atoms with E-state index in [1.807, 2.05) is 0 Å². The molecule has 0 saturated carbocycles. The smallest absolute Gasteiger partial charge is 0.257 e. The zero-order chi connectivity index (χ0) is 17.8. The van der Waals surface area contributed by atoms with Crippen molar-refractivity contribution in [1.82, 2.24) is 9.88 Å². The molecule has 1 aliphatic rings. The molecule has 0 bridgehead atoms. The van der Waals surface area contributed by atoms with E-state index in [9.17, 15) is 13.6 Å². The highest BCUT2D eigenvalue weighted by Crippen LogP contribution is 2.21. The van der Waals surface area contributed by atoms with E-state index in [2.05, 4.69) is 15.6 Å². The number of benzene rings is 1. The van der Waals surface area contributed by atoms with Gasteiger partial charge in [-0.2, -0.15) is 0 Å². The lowest BCUT2D eigenvalue weighted by atomic mass is 10.0. The molecule has 2 heterocycles. The Bertz CT molecular complexity index is 768. The molecule has 5 nitrogen and oxygen atoms in total. The van der Waals surface area contributed by atoms with Gasteiger partial charge in [-0.25, -0.2) is 13.8 Å². The summed E-state index contributed by atoms with van der Waals surface area (Å²) in [4.78, 5) is 18.7. The van der Waals surface area contributed by atoms with Gasteiger partial charge in [0.1, 0.15) is 5.82 Å². The second kappa shape index (κ2) is 7.46. The molecule has 0 spiro atoms. The van der Waals surface area contributed by atoms with E-state index in [1.54, 1.807) is 30.3 Å². The van der Waals surface area contributed by atoms with Crippen LogP contribution in [0.3, 0.4) is 0 Å². The Morgan fingerprint density at radius 2 is 2.12 bits per heavy atom. The molecule has 3 rings (SSSR count). The lowest BCUT2D eigenvalue weighted by Crippen LogP contribution is -2.45. The zero-order valence-electron chi connectivity index (χ0n) is 13.9. The standard InChI is InChI=1S/C18H20F2N4O/c1-21-17-14(5-2-8-22-17)18(25)24-9-3-4-13(11-24)23-12-6-7-15(19)16(20)10-12/h2,5-8,10,13,23H,3-4,9,11H2,1H3,(H,21,22)/t13-/m0/s1. The number of nitrogens with zero attached hydrogens (tertiary/aromatic N) is 2. The minimum absolute atomic E-state index is 0.0164. The van der Waals surface area contributed by atoms with Gasteiger partial charge in [-0.15, -0.1) is 0 Å². The lowest BCUT2D eigenvalue weighted by molar-refractivity contribution is 0.0715. The predicted molar refractivity (Wildman–Crippen MR) is 92.7 cm³/mol. The van der Waals surface area contributed by atoms with Crippen LogP contribution in [-0.4, -0.2) is 42.0 Å². The summed E-state index contributed by atoms with van der Waals surface area (Å²) < 4.78 is 26.4. The highest BCUT2D eigenvalue weighted by Gasteiger charge is 2.26. The van der Waals surface area contributed by atoms with Crippen LogP contribution < -0.4 is 10.6 Å². The molecule has 1 atom stereocenters. The van der Waals surface area contributed by atoms with Gasteiger partial charge in [0, 0.05) is 44.1 Å². The predicted octanol–water partition coefficient (Wildman–Crippen LogP) is 3.12. The van der Waals surface area contributed by atoms with E-state index in [1.165, 1.54) is 6.07 Å².